The molecule has 1 atom stereocenters. The van der Waals surface area contributed by atoms with E-state index in [-0.39, 0.29) is 11.9 Å². The van der Waals surface area contributed by atoms with Gasteiger partial charge in [-0.25, -0.2) is 4.39 Å². The van der Waals surface area contributed by atoms with Gasteiger partial charge in [0.1, 0.15) is 5.82 Å². The quantitative estimate of drug-likeness (QED) is 0.794. The van der Waals surface area contributed by atoms with Crippen LogP contribution in [-0.2, 0) is 0 Å². The second-order valence-corrected chi connectivity index (χ2v) is 6.24. The SMILES string of the molecule is CCNC(C)c1cc(F)ccc1N(C)C1CCCCCC1. The highest BCUT2D eigenvalue weighted by Crippen LogP contribution is 2.31. The van der Waals surface area contributed by atoms with E-state index < -0.39 is 0 Å². The molecule has 0 radical (unpaired) electrons. The minimum atomic E-state index is -0.146. The minimum Gasteiger partial charge on any atom is -0.371 e. The molecule has 0 aliphatic heterocycles. The molecular formula is C18H29FN2. The molecular weight excluding hydrogens is 263 g/mol. The highest BCUT2D eigenvalue weighted by Gasteiger charge is 2.21. The molecule has 1 unspecified atom stereocenters. The molecule has 1 saturated carbocycles. The summed E-state index contributed by atoms with van der Waals surface area (Å²) in [6, 6.07) is 5.99. The number of hydrogen-bond donors (Lipinski definition) is 1. The van der Waals surface area contributed by atoms with E-state index in [1.54, 1.807) is 12.1 Å². The fourth-order valence-electron chi connectivity index (χ4n) is 3.45. The van der Waals surface area contributed by atoms with E-state index in [1.807, 2.05) is 6.07 Å². The topological polar surface area (TPSA) is 15.3 Å². The molecule has 118 valence electrons. The van der Waals surface area contributed by atoms with Gasteiger partial charge in [0.2, 0.25) is 0 Å². The zero-order chi connectivity index (χ0) is 15.2. The Morgan fingerprint density at radius 1 is 1.24 bits per heavy atom. The van der Waals surface area contributed by atoms with Crippen molar-refractivity contribution in [1.29, 1.82) is 0 Å². The third-order valence-corrected chi connectivity index (χ3v) is 4.72. The van der Waals surface area contributed by atoms with Crippen molar-refractivity contribution in [2.45, 2.75) is 64.5 Å². The Kier molecular flexibility index (Phi) is 6.04. The number of rotatable bonds is 5. The fraction of sp³-hybridized carbons (Fsp3) is 0.667. The van der Waals surface area contributed by atoms with Crippen LogP contribution in [0.25, 0.3) is 0 Å². The van der Waals surface area contributed by atoms with Crippen LogP contribution in [0.4, 0.5) is 10.1 Å². The first-order chi connectivity index (χ1) is 10.1. The molecule has 3 heteroatoms. The molecule has 1 aliphatic carbocycles. The van der Waals surface area contributed by atoms with Gasteiger partial charge in [-0.1, -0.05) is 32.6 Å². The van der Waals surface area contributed by atoms with Crippen LogP contribution in [0, 0.1) is 5.82 Å². The van der Waals surface area contributed by atoms with Gasteiger partial charge in [-0.2, -0.15) is 0 Å². The van der Waals surface area contributed by atoms with Crippen LogP contribution in [-0.4, -0.2) is 19.6 Å². The maximum Gasteiger partial charge on any atom is 0.123 e. The van der Waals surface area contributed by atoms with Gasteiger partial charge in [0.15, 0.2) is 0 Å². The predicted octanol–water partition coefficient (Wildman–Crippen LogP) is 4.66. The van der Waals surface area contributed by atoms with E-state index in [0.29, 0.717) is 6.04 Å². The standard InChI is InChI=1S/C18H29FN2/c1-4-20-14(2)17-13-15(19)11-12-18(17)21(3)16-9-7-5-6-8-10-16/h11-14,16,20H,4-10H2,1-3H3. The van der Waals surface area contributed by atoms with Crippen LogP contribution >= 0.6 is 0 Å². The Balaban J connectivity index is 2.24. The maximum absolute atomic E-state index is 13.7. The second-order valence-electron chi connectivity index (χ2n) is 6.24. The highest BCUT2D eigenvalue weighted by atomic mass is 19.1. The number of nitrogens with one attached hydrogen (secondary N) is 1. The van der Waals surface area contributed by atoms with Crippen LogP contribution in [0.1, 0.15) is 64.0 Å². The molecule has 2 nitrogen and oxygen atoms in total. The molecule has 1 N–H and O–H groups in total. The molecule has 1 aromatic carbocycles. The van der Waals surface area contributed by atoms with E-state index in [9.17, 15) is 4.39 Å². The summed E-state index contributed by atoms with van der Waals surface area (Å²) in [5.41, 5.74) is 2.25. The van der Waals surface area contributed by atoms with Crippen LogP contribution < -0.4 is 10.2 Å². The summed E-state index contributed by atoms with van der Waals surface area (Å²) < 4.78 is 13.7. The van der Waals surface area contributed by atoms with Crippen molar-refractivity contribution in [2.24, 2.45) is 0 Å². The van der Waals surface area contributed by atoms with E-state index >= 15 is 0 Å². The Labute approximate surface area is 128 Å². The van der Waals surface area contributed by atoms with Gasteiger partial charge in [-0.15, -0.1) is 0 Å². The van der Waals surface area contributed by atoms with Crippen molar-refractivity contribution >= 4 is 5.69 Å². The third kappa shape index (κ3) is 4.19. The monoisotopic (exact) mass is 292 g/mol. The third-order valence-electron chi connectivity index (χ3n) is 4.72. The van der Waals surface area contributed by atoms with E-state index in [2.05, 4.69) is 31.1 Å². The lowest BCUT2D eigenvalue weighted by Gasteiger charge is -2.32. The van der Waals surface area contributed by atoms with Crippen molar-refractivity contribution in [2.75, 3.05) is 18.5 Å². The number of halogens is 1. The van der Waals surface area contributed by atoms with E-state index in [1.165, 1.54) is 44.2 Å². The maximum atomic E-state index is 13.7. The molecule has 0 aromatic heterocycles. The summed E-state index contributed by atoms with van der Waals surface area (Å²) >= 11 is 0. The summed E-state index contributed by atoms with van der Waals surface area (Å²) in [6.07, 6.45) is 7.84. The van der Waals surface area contributed by atoms with E-state index in [4.69, 9.17) is 0 Å². The summed E-state index contributed by atoms with van der Waals surface area (Å²) in [5.74, 6) is -0.146. The lowest BCUT2D eigenvalue weighted by atomic mass is 10.0. The first-order valence-corrected chi connectivity index (χ1v) is 8.39. The molecule has 2 rings (SSSR count). The normalized spacial score (nSPS) is 18.3. The molecule has 0 heterocycles. The fourth-order valence-corrected chi connectivity index (χ4v) is 3.45. The predicted molar refractivity (Wildman–Crippen MR) is 88.4 cm³/mol. The minimum absolute atomic E-state index is 0.146. The van der Waals surface area contributed by atoms with Crippen molar-refractivity contribution < 1.29 is 4.39 Å². The Hall–Kier alpha value is -1.09. The van der Waals surface area contributed by atoms with Crippen LogP contribution in [0.2, 0.25) is 0 Å². The summed E-state index contributed by atoms with van der Waals surface area (Å²) in [6.45, 7) is 5.09. The van der Waals surface area contributed by atoms with Gasteiger partial charge >= 0.3 is 0 Å². The molecule has 1 aliphatic rings. The van der Waals surface area contributed by atoms with Crippen molar-refractivity contribution in [3.05, 3.63) is 29.6 Å². The molecule has 1 fully saturated rings. The Morgan fingerprint density at radius 3 is 2.52 bits per heavy atom. The van der Waals surface area contributed by atoms with E-state index in [0.717, 1.165) is 12.1 Å². The molecule has 21 heavy (non-hydrogen) atoms. The average molecular weight is 292 g/mol. The second kappa shape index (κ2) is 7.79. The molecule has 0 bridgehead atoms. The van der Waals surface area contributed by atoms with Gasteiger partial charge < -0.3 is 10.2 Å². The first-order valence-electron chi connectivity index (χ1n) is 8.39. The van der Waals surface area contributed by atoms with Gasteiger partial charge in [-0.3, -0.25) is 0 Å². The van der Waals surface area contributed by atoms with Crippen LogP contribution in [0.3, 0.4) is 0 Å². The van der Waals surface area contributed by atoms with Gasteiger partial charge in [0.25, 0.3) is 0 Å². The first kappa shape index (κ1) is 16.3. The number of benzene rings is 1. The Morgan fingerprint density at radius 2 is 1.90 bits per heavy atom. The lowest BCUT2D eigenvalue weighted by Crippen LogP contribution is -2.33. The number of anilines is 1. The zero-order valence-corrected chi connectivity index (χ0v) is 13.7. The highest BCUT2D eigenvalue weighted by molar-refractivity contribution is 5.55. The van der Waals surface area contributed by atoms with Crippen molar-refractivity contribution in [3.63, 3.8) is 0 Å². The molecule has 0 saturated heterocycles. The van der Waals surface area contributed by atoms with Crippen molar-refractivity contribution in [3.8, 4) is 0 Å². The van der Waals surface area contributed by atoms with Gasteiger partial charge in [0, 0.05) is 24.8 Å². The molecule has 0 spiro atoms. The number of nitrogens with zero attached hydrogens (tertiary/aromatic N) is 1. The number of hydrogen-bond acceptors (Lipinski definition) is 2. The van der Waals surface area contributed by atoms with Gasteiger partial charge in [-0.05, 0) is 50.1 Å². The van der Waals surface area contributed by atoms with Crippen LogP contribution in [0.5, 0.6) is 0 Å². The lowest BCUT2D eigenvalue weighted by molar-refractivity contribution is 0.541. The average Bonchev–Trinajstić information content (AvgIpc) is 2.76. The van der Waals surface area contributed by atoms with Crippen LogP contribution in [0.15, 0.2) is 18.2 Å². The smallest absolute Gasteiger partial charge is 0.123 e. The van der Waals surface area contributed by atoms with Crippen molar-refractivity contribution in [1.82, 2.24) is 5.32 Å². The molecule has 0 amide bonds. The summed E-state index contributed by atoms with van der Waals surface area (Å²) in [4.78, 5) is 2.38. The summed E-state index contributed by atoms with van der Waals surface area (Å²) in [7, 11) is 2.17. The largest absolute Gasteiger partial charge is 0.371 e. The Bertz CT molecular complexity index is 439. The molecule has 1 aromatic rings. The van der Waals surface area contributed by atoms with Gasteiger partial charge in [0.05, 0.1) is 0 Å². The summed E-state index contributed by atoms with van der Waals surface area (Å²) in [5, 5.41) is 3.41. The zero-order valence-electron chi connectivity index (χ0n) is 13.7.